The van der Waals surface area contributed by atoms with Crippen LogP contribution in [0.4, 0.5) is 4.39 Å². The third-order valence-electron chi connectivity index (χ3n) is 4.52. The molecule has 0 fully saturated rings. The zero-order valence-electron chi connectivity index (χ0n) is 17.8. The Kier molecular flexibility index (Phi) is 9.12. The predicted octanol–water partition coefficient (Wildman–Crippen LogP) is 6.19. The van der Waals surface area contributed by atoms with Crippen molar-refractivity contribution >= 4 is 33.2 Å². The summed E-state index contributed by atoms with van der Waals surface area (Å²) in [6.07, 6.45) is 5.22. The number of hydrogen-bond donors (Lipinski definition) is 1. The zero-order valence-corrected chi connectivity index (χ0v) is 20.2. The molecule has 10 heteroatoms. The minimum absolute atomic E-state index is 0.0166. The molecule has 0 aliphatic carbocycles. The van der Waals surface area contributed by atoms with Gasteiger partial charge >= 0.3 is 6.01 Å². The number of benzene rings is 1. The first-order chi connectivity index (χ1) is 14.6. The summed E-state index contributed by atoms with van der Waals surface area (Å²) in [5.41, 5.74) is 0.645. The summed E-state index contributed by atoms with van der Waals surface area (Å²) in [5.74, 6) is 0.199. The molecule has 0 radical (unpaired) electrons. The molecular weight excluding hydrogens is 464 g/mol. The van der Waals surface area contributed by atoms with Crippen molar-refractivity contribution in [3.8, 4) is 6.01 Å². The molecule has 0 unspecified atom stereocenters. The summed E-state index contributed by atoms with van der Waals surface area (Å²) in [6, 6.07) is 3.88. The molecular formula is C21H26Cl2FN3O3S. The van der Waals surface area contributed by atoms with Gasteiger partial charge in [-0.1, -0.05) is 37.0 Å². The van der Waals surface area contributed by atoms with E-state index in [0.717, 1.165) is 0 Å². The molecule has 0 spiro atoms. The molecule has 0 aliphatic heterocycles. The van der Waals surface area contributed by atoms with Crippen LogP contribution in [-0.2, 0) is 16.6 Å². The summed E-state index contributed by atoms with van der Waals surface area (Å²) in [7, 11) is -3.85. The van der Waals surface area contributed by atoms with E-state index in [1.807, 2.05) is 13.8 Å². The largest absolute Gasteiger partial charge is 0.430 e. The van der Waals surface area contributed by atoms with Gasteiger partial charge in [0.15, 0.2) is 0 Å². The number of sulfonamides is 1. The van der Waals surface area contributed by atoms with Crippen LogP contribution in [0.3, 0.4) is 0 Å². The van der Waals surface area contributed by atoms with Crippen LogP contribution in [0.5, 0.6) is 6.01 Å². The molecule has 1 atom stereocenters. The molecule has 0 saturated heterocycles. The van der Waals surface area contributed by atoms with E-state index in [-0.39, 0.29) is 20.8 Å². The highest BCUT2D eigenvalue weighted by atomic mass is 35.5. The van der Waals surface area contributed by atoms with Crippen LogP contribution >= 0.6 is 23.2 Å². The van der Waals surface area contributed by atoms with Gasteiger partial charge in [0.1, 0.15) is 5.76 Å². The third kappa shape index (κ3) is 6.55. The average Bonchev–Trinajstić information content (AvgIpc) is 3.14. The SMILES string of the molecule is CC/C(F)=C\C=C(/C)Oc1ncc([C@@H](CC)NS(=O)(=O)c2ccc(Cl)c(Cl)c2)n1CC. The Morgan fingerprint density at radius 1 is 1.26 bits per heavy atom. The minimum atomic E-state index is -3.85. The standard InChI is InChI=1S/C21H26Cl2FN3O3S/c1-5-15(24)9-8-14(4)30-21-25-13-20(27(21)7-3)19(6-2)26-31(28,29)16-10-11-17(22)18(23)12-16/h8-13,19,26H,5-7H2,1-4H3/b14-8+,15-9+/t19-/m1/s1. The van der Waals surface area contributed by atoms with Crippen LogP contribution in [-0.4, -0.2) is 18.0 Å². The molecule has 6 nitrogen and oxygen atoms in total. The Morgan fingerprint density at radius 3 is 2.55 bits per heavy atom. The number of hydrogen-bond acceptors (Lipinski definition) is 4. The van der Waals surface area contributed by atoms with Crippen molar-refractivity contribution in [1.82, 2.24) is 14.3 Å². The number of nitrogens with zero attached hydrogens (tertiary/aromatic N) is 2. The van der Waals surface area contributed by atoms with E-state index in [1.165, 1.54) is 30.4 Å². The normalized spacial score (nSPS) is 14.0. The lowest BCUT2D eigenvalue weighted by Gasteiger charge is -2.19. The van der Waals surface area contributed by atoms with E-state index in [1.54, 1.807) is 24.6 Å². The van der Waals surface area contributed by atoms with Crippen LogP contribution < -0.4 is 9.46 Å². The molecule has 2 aromatic rings. The molecule has 1 aromatic heterocycles. The smallest absolute Gasteiger partial charge is 0.301 e. The zero-order chi connectivity index (χ0) is 23.2. The second-order valence-electron chi connectivity index (χ2n) is 6.71. The molecule has 1 N–H and O–H groups in total. The Hall–Kier alpha value is -1.87. The second-order valence-corrected chi connectivity index (χ2v) is 9.24. The van der Waals surface area contributed by atoms with Gasteiger partial charge in [-0.15, -0.1) is 0 Å². The summed E-state index contributed by atoms with van der Waals surface area (Å²) in [4.78, 5) is 4.30. The van der Waals surface area contributed by atoms with Crippen LogP contribution in [0.2, 0.25) is 10.0 Å². The van der Waals surface area contributed by atoms with Crippen molar-refractivity contribution in [3.63, 3.8) is 0 Å². The lowest BCUT2D eigenvalue weighted by atomic mass is 10.2. The highest BCUT2D eigenvalue weighted by molar-refractivity contribution is 7.89. The van der Waals surface area contributed by atoms with Crippen molar-refractivity contribution in [1.29, 1.82) is 0 Å². The quantitative estimate of drug-likeness (QED) is 0.319. The number of halogens is 3. The maximum Gasteiger partial charge on any atom is 0.301 e. The van der Waals surface area contributed by atoms with Gasteiger partial charge in [-0.3, -0.25) is 4.57 Å². The molecule has 31 heavy (non-hydrogen) atoms. The topological polar surface area (TPSA) is 73.2 Å². The fraction of sp³-hybridized carbons (Fsp3) is 0.381. The van der Waals surface area contributed by atoms with Crippen LogP contribution in [0.15, 0.2) is 53.0 Å². The van der Waals surface area contributed by atoms with E-state index in [2.05, 4.69) is 9.71 Å². The lowest BCUT2D eigenvalue weighted by molar-refractivity contribution is 0.366. The summed E-state index contributed by atoms with van der Waals surface area (Å²) in [6.45, 7) is 7.67. The molecule has 0 amide bonds. The fourth-order valence-electron chi connectivity index (χ4n) is 2.80. The number of aromatic nitrogens is 2. The van der Waals surface area contributed by atoms with Crippen molar-refractivity contribution in [2.45, 2.75) is 58.0 Å². The van der Waals surface area contributed by atoms with Crippen LogP contribution in [0, 0.1) is 0 Å². The summed E-state index contributed by atoms with van der Waals surface area (Å²) >= 11 is 11.9. The van der Waals surface area contributed by atoms with Gasteiger partial charge in [-0.05, 0) is 57.0 Å². The second kappa shape index (κ2) is 11.1. The van der Waals surface area contributed by atoms with E-state index >= 15 is 0 Å². The fourth-order valence-corrected chi connectivity index (χ4v) is 4.49. The lowest BCUT2D eigenvalue weighted by Crippen LogP contribution is -2.29. The Morgan fingerprint density at radius 2 is 1.97 bits per heavy atom. The van der Waals surface area contributed by atoms with Gasteiger partial charge < -0.3 is 4.74 Å². The molecule has 0 aliphatic rings. The monoisotopic (exact) mass is 489 g/mol. The van der Waals surface area contributed by atoms with E-state index in [4.69, 9.17) is 27.9 Å². The Balaban J connectivity index is 2.30. The van der Waals surface area contributed by atoms with Gasteiger partial charge in [-0.2, -0.15) is 0 Å². The number of imidazole rings is 1. The summed E-state index contributed by atoms with van der Waals surface area (Å²) in [5, 5.41) is 0.429. The molecule has 0 saturated carbocycles. The van der Waals surface area contributed by atoms with Crippen molar-refractivity contribution in [2.75, 3.05) is 0 Å². The van der Waals surface area contributed by atoms with E-state index < -0.39 is 16.1 Å². The van der Waals surface area contributed by atoms with Crippen LogP contribution in [0.1, 0.15) is 52.3 Å². The van der Waals surface area contributed by atoms with Gasteiger partial charge in [0.25, 0.3) is 0 Å². The predicted molar refractivity (Wildman–Crippen MR) is 122 cm³/mol. The van der Waals surface area contributed by atoms with Crippen molar-refractivity contribution in [3.05, 3.63) is 63.9 Å². The van der Waals surface area contributed by atoms with E-state index in [0.29, 0.717) is 36.8 Å². The minimum Gasteiger partial charge on any atom is -0.430 e. The number of ether oxygens (including phenoxy) is 1. The maximum absolute atomic E-state index is 13.3. The van der Waals surface area contributed by atoms with E-state index in [9.17, 15) is 12.8 Å². The average molecular weight is 490 g/mol. The first kappa shape index (κ1) is 25.4. The molecule has 170 valence electrons. The van der Waals surface area contributed by atoms with Gasteiger partial charge in [-0.25, -0.2) is 22.5 Å². The molecule has 0 bridgehead atoms. The first-order valence-corrected chi connectivity index (χ1v) is 12.1. The first-order valence-electron chi connectivity index (χ1n) is 9.86. The number of allylic oxidation sites excluding steroid dienone is 4. The maximum atomic E-state index is 13.3. The van der Waals surface area contributed by atoms with Gasteiger partial charge in [0.05, 0.1) is 38.7 Å². The van der Waals surface area contributed by atoms with Gasteiger partial charge in [0.2, 0.25) is 10.0 Å². The van der Waals surface area contributed by atoms with Crippen LogP contribution in [0.25, 0.3) is 0 Å². The summed E-state index contributed by atoms with van der Waals surface area (Å²) < 4.78 is 49.3. The Bertz CT molecular complexity index is 1080. The number of rotatable bonds is 10. The highest BCUT2D eigenvalue weighted by Crippen LogP contribution is 2.28. The Labute approximate surface area is 192 Å². The van der Waals surface area contributed by atoms with Gasteiger partial charge in [0, 0.05) is 6.54 Å². The number of nitrogens with one attached hydrogen (secondary N) is 1. The highest BCUT2D eigenvalue weighted by Gasteiger charge is 2.25. The molecule has 1 heterocycles. The third-order valence-corrected chi connectivity index (χ3v) is 6.73. The molecule has 1 aromatic carbocycles. The van der Waals surface area contributed by atoms with Crippen molar-refractivity contribution < 1.29 is 17.5 Å². The molecule has 2 rings (SSSR count). The van der Waals surface area contributed by atoms with Crippen molar-refractivity contribution in [2.24, 2.45) is 0 Å².